The monoisotopic (exact) mass is 275 g/mol. The molecular weight excluding hydrogens is 255 g/mol. The molecule has 2 N–H and O–H groups in total. The Balaban J connectivity index is 2.87. The summed E-state index contributed by atoms with van der Waals surface area (Å²) >= 11 is 0. The van der Waals surface area contributed by atoms with Crippen molar-refractivity contribution in [3.8, 4) is 0 Å². The number of halogens is 3. The van der Waals surface area contributed by atoms with E-state index < -0.39 is 18.6 Å². The number of alkyl halides is 3. The van der Waals surface area contributed by atoms with Crippen LogP contribution in [0.5, 0.6) is 0 Å². The minimum atomic E-state index is -4.25. The van der Waals surface area contributed by atoms with Crippen LogP contribution in [0.15, 0.2) is 30.3 Å². The molecule has 0 radical (unpaired) electrons. The minimum absolute atomic E-state index is 0.0597. The van der Waals surface area contributed by atoms with Crippen LogP contribution in [0.1, 0.15) is 31.9 Å². The summed E-state index contributed by atoms with van der Waals surface area (Å²) in [6.07, 6.45) is -5.19. The summed E-state index contributed by atoms with van der Waals surface area (Å²) in [7, 11) is 0. The predicted molar refractivity (Wildman–Crippen MR) is 68.7 cm³/mol. The SMILES string of the molecule is CC(C)C(CO)NC(CC(F)(F)F)c1ccccc1. The molecule has 0 fully saturated rings. The Kier molecular flexibility index (Phi) is 5.82. The number of hydrogen-bond acceptors (Lipinski definition) is 2. The van der Waals surface area contributed by atoms with Gasteiger partial charge in [0.2, 0.25) is 0 Å². The van der Waals surface area contributed by atoms with Crippen molar-refractivity contribution >= 4 is 0 Å². The zero-order valence-electron chi connectivity index (χ0n) is 11.1. The van der Waals surface area contributed by atoms with Crippen LogP contribution < -0.4 is 5.32 Å². The second-order valence-electron chi connectivity index (χ2n) is 4.98. The van der Waals surface area contributed by atoms with Gasteiger partial charge in [-0.1, -0.05) is 44.2 Å². The van der Waals surface area contributed by atoms with Gasteiger partial charge in [-0.3, -0.25) is 0 Å². The van der Waals surface area contributed by atoms with Crippen LogP contribution in [-0.2, 0) is 0 Å². The molecule has 1 aromatic rings. The van der Waals surface area contributed by atoms with Gasteiger partial charge in [-0.05, 0) is 11.5 Å². The molecule has 2 atom stereocenters. The Morgan fingerprint density at radius 1 is 1.16 bits per heavy atom. The van der Waals surface area contributed by atoms with Gasteiger partial charge in [-0.15, -0.1) is 0 Å². The van der Waals surface area contributed by atoms with Gasteiger partial charge in [0.25, 0.3) is 0 Å². The highest BCUT2D eigenvalue weighted by molar-refractivity contribution is 5.19. The second kappa shape index (κ2) is 6.91. The summed E-state index contributed by atoms with van der Waals surface area (Å²) in [6, 6.07) is 7.33. The van der Waals surface area contributed by atoms with Crippen molar-refractivity contribution in [3.05, 3.63) is 35.9 Å². The van der Waals surface area contributed by atoms with Gasteiger partial charge in [0.05, 0.1) is 13.0 Å². The van der Waals surface area contributed by atoms with E-state index in [1.165, 1.54) is 0 Å². The molecular formula is C14H20F3NO. The molecule has 0 aliphatic carbocycles. The third-order valence-corrected chi connectivity index (χ3v) is 3.05. The van der Waals surface area contributed by atoms with Crippen LogP contribution in [0.3, 0.4) is 0 Å². The highest BCUT2D eigenvalue weighted by Gasteiger charge is 2.33. The third kappa shape index (κ3) is 5.61. The molecule has 0 aliphatic rings. The average molecular weight is 275 g/mol. The number of benzene rings is 1. The molecule has 0 spiro atoms. The molecule has 1 rings (SSSR count). The fraction of sp³-hybridized carbons (Fsp3) is 0.571. The van der Waals surface area contributed by atoms with Crippen molar-refractivity contribution in [2.45, 2.75) is 38.5 Å². The van der Waals surface area contributed by atoms with Gasteiger partial charge in [-0.25, -0.2) is 0 Å². The predicted octanol–water partition coefficient (Wildman–Crippen LogP) is 3.29. The Labute approximate surface area is 111 Å². The Bertz CT molecular complexity index is 365. The van der Waals surface area contributed by atoms with Crippen LogP contribution in [0.4, 0.5) is 13.2 Å². The Morgan fingerprint density at radius 3 is 2.16 bits per heavy atom. The molecule has 0 heterocycles. The molecule has 19 heavy (non-hydrogen) atoms. The van der Waals surface area contributed by atoms with Crippen molar-refractivity contribution in [2.24, 2.45) is 5.92 Å². The van der Waals surface area contributed by atoms with Gasteiger partial charge in [0.15, 0.2) is 0 Å². The minimum Gasteiger partial charge on any atom is -0.395 e. The first-order chi connectivity index (χ1) is 8.83. The van der Waals surface area contributed by atoms with Crippen LogP contribution in [0.2, 0.25) is 0 Å². The highest BCUT2D eigenvalue weighted by atomic mass is 19.4. The zero-order chi connectivity index (χ0) is 14.5. The van der Waals surface area contributed by atoms with Gasteiger partial charge in [0.1, 0.15) is 0 Å². The molecule has 5 heteroatoms. The van der Waals surface area contributed by atoms with Crippen LogP contribution in [-0.4, -0.2) is 23.9 Å². The lowest BCUT2D eigenvalue weighted by atomic mass is 9.99. The molecule has 0 aliphatic heterocycles. The van der Waals surface area contributed by atoms with E-state index in [9.17, 15) is 18.3 Å². The van der Waals surface area contributed by atoms with Crippen LogP contribution in [0, 0.1) is 5.92 Å². The van der Waals surface area contributed by atoms with Crippen molar-refractivity contribution in [1.29, 1.82) is 0 Å². The van der Waals surface area contributed by atoms with E-state index in [4.69, 9.17) is 0 Å². The first-order valence-electron chi connectivity index (χ1n) is 6.32. The maximum Gasteiger partial charge on any atom is 0.390 e. The van der Waals surface area contributed by atoms with Gasteiger partial charge >= 0.3 is 6.18 Å². The summed E-state index contributed by atoms with van der Waals surface area (Å²) in [5.41, 5.74) is 0.582. The fourth-order valence-corrected chi connectivity index (χ4v) is 1.90. The highest BCUT2D eigenvalue weighted by Crippen LogP contribution is 2.30. The van der Waals surface area contributed by atoms with Gasteiger partial charge in [0, 0.05) is 12.1 Å². The molecule has 1 aromatic carbocycles. The van der Waals surface area contributed by atoms with Crippen molar-refractivity contribution in [2.75, 3.05) is 6.61 Å². The lowest BCUT2D eigenvalue weighted by Gasteiger charge is -2.28. The van der Waals surface area contributed by atoms with E-state index in [1.807, 2.05) is 13.8 Å². The molecule has 2 unspecified atom stereocenters. The number of hydrogen-bond donors (Lipinski definition) is 2. The molecule has 0 amide bonds. The van der Waals surface area contributed by atoms with Crippen molar-refractivity contribution in [1.82, 2.24) is 5.32 Å². The van der Waals surface area contributed by atoms with E-state index in [0.717, 1.165) is 0 Å². The maximum atomic E-state index is 12.6. The van der Waals surface area contributed by atoms with Gasteiger partial charge in [-0.2, -0.15) is 13.2 Å². The standard InChI is InChI=1S/C14H20F3NO/c1-10(2)13(9-19)18-12(8-14(15,16)17)11-6-4-3-5-7-11/h3-7,10,12-13,18-19H,8-9H2,1-2H3. The largest absolute Gasteiger partial charge is 0.395 e. The Morgan fingerprint density at radius 2 is 1.74 bits per heavy atom. The summed E-state index contributed by atoms with van der Waals surface area (Å²) in [6.45, 7) is 3.55. The zero-order valence-corrected chi connectivity index (χ0v) is 11.1. The topological polar surface area (TPSA) is 32.3 Å². The van der Waals surface area contributed by atoms with Crippen LogP contribution >= 0.6 is 0 Å². The molecule has 0 bridgehead atoms. The third-order valence-electron chi connectivity index (χ3n) is 3.05. The number of nitrogens with one attached hydrogen (secondary N) is 1. The fourth-order valence-electron chi connectivity index (χ4n) is 1.90. The molecule has 0 saturated heterocycles. The van der Waals surface area contributed by atoms with E-state index >= 15 is 0 Å². The molecule has 0 saturated carbocycles. The lowest BCUT2D eigenvalue weighted by Crippen LogP contribution is -2.41. The number of aliphatic hydroxyl groups excluding tert-OH is 1. The summed E-state index contributed by atoms with van der Waals surface area (Å²) in [5.74, 6) is 0.0597. The average Bonchev–Trinajstić information content (AvgIpc) is 2.33. The lowest BCUT2D eigenvalue weighted by molar-refractivity contribution is -0.141. The second-order valence-corrected chi connectivity index (χ2v) is 4.98. The molecule has 2 nitrogen and oxygen atoms in total. The summed E-state index contributed by atoms with van der Waals surface area (Å²) in [5, 5.41) is 12.2. The first kappa shape index (κ1) is 16.0. The normalized spacial score (nSPS) is 15.5. The van der Waals surface area contributed by atoms with E-state index in [2.05, 4.69) is 5.32 Å². The first-order valence-corrected chi connectivity index (χ1v) is 6.32. The Hall–Kier alpha value is -1.07. The van der Waals surface area contributed by atoms with E-state index in [1.54, 1.807) is 30.3 Å². The van der Waals surface area contributed by atoms with Crippen molar-refractivity contribution < 1.29 is 18.3 Å². The number of rotatable bonds is 6. The van der Waals surface area contributed by atoms with Crippen LogP contribution in [0.25, 0.3) is 0 Å². The summed E-state index contributed by atoms with van der Waals surface area (Å²) < 4.78 is 37.9. The number of aliphatic hydroxyl groups is 1. The van der Waals surface area contributed by atoms with Gasteiger partial charge < -0.3 is 10.4 Å². The quantitative estimate of drug-likeness (QED) is 0.835. The molecule has 0 aromatic heterocycles. The maximum absolute atomic E-state index is 12.6. The van der Waals surface area contributed by atoms with E-state index in [0.29, 0.717) is 5.56 Å². The van der Waals surface area contributed by atoms with Crippen molar-refractivity contribution in [3.63, 3.8) is 0 Å². The van der Waals surface area contributed by atoms with E-state index in [-0.39, 0.29) is 18.6 Å². The smallest absolute Gasteiger partial charge is 0.390 e. The summed E-state index contributed by atoms with van der Waals surface area (Å²) in [4.78, 5) is 0. The molecule has 108 valence electrons.